The molecule has 0 aromatic rings. The lowest BCUT2D eigenvalue weighted by atomic mass is 9.81. The molecule has 0 spiro atoms. The maximum absolute atomic E-state index is 12.4. The number of rotatable bonds is 4. The lowest BCUT2D eigenvalue weighted by Gasteiger charge is -2.33. The normalized spacial score (nSPS) is 39.1. The zero-order valence-electron chi connectivity index (χ0n) is 14.0. The highest BCUT2D eigenvalue weighted by Gasteiger charge is 2.60. The molecule has 0 amide bonds. The Morgan fingerprint density at radius 3 is 2.43 bits per heavy atom. The van der Waals surface area contributed by atoms with Gasteiger partial charge in [-0.2, -0.15) is 0 Å². The van der Waals surface area contributed by atoms with E-state index in [1.54, 1.807) is 0 Å². The summed E-state index contributed by atoms with van der Waals surface area (Å²) in [4.78, 5) is 12.4. The van der Waals surface area contributed by atoms with Crippen molar-refractivity contribution in [3.05, 3.63) is 12.2 Å². The zero-order valence-corrected chi connectivity index (χ0v) is 14.0. The van der Waals surface area contributed by atoms with Crippen LogP contribution in [-0.4, -0.2) is 11.6 Å². The van der Waals surface area contributed by atoms with E-state index in [1.165, 1.54) is 19.3 Å². The van der Waals surface area contributed by atoms with E-state index >= 15 is 0 Å². The summed E-state index contributed by atoms with van der Waals surface area (Å²) in [6.45, 7) is 8.62. The molecular weight excluding hydrogens is 260 g/mol. The molecule has 3 unspecified atom stereocenters. The molecule has 0 saturated heterocycles. The number of hydrogen-bond acceptors (Lipinski definition) is 2. The molecule has 4 aliphatic carbocycles. The molecule has 4 aliphatic rings. The van der Waals surface area contributed by atoms with Crippen molar-refractivity contribution in [2.75, 3.05) is 0 Å². The molecule has 0 heterocycles. The first-order chi connectivity index (χ1) is 9.77. The Balaban J connectivity index is 1.57. The van der Waals surface area contributed by atoms with E-state index in [1.807, 2.05) is 13.0 Å². The Bertz CT molecular complexity index is 429. The zero-order chi connectivity index (χ0) is 15.3. The van der Waals surface area contributed by atoms with Crippen LogP contribution in [0.4, 0.5) is 0 Å². The lowest BCUT2D eigenvalue weighted by Crippen LogP contribution is -2.37. The molecule has 4 bridgehead atoms. The van der Waals surface area contributed by atoms with Gasteiger partial charge in [0, 0.05) is 0 Å². The highest BCUT2D eigenvalue weighted by atomic mass is 16.6. The summed E-state index contributed by atoms with van der Waals surface area (Å²) in [6.07, 6.45) is 11.4. The van der Waals surface area contributed by atoms with Gasteiger partial charge in [-0.3, -0.25) is 4.79 Å². The third kappa shape index (κ3) is 3.05. The molecular formula is C19H30O2. The van der Waals surface area contributed by atoms with Crippen LogP contribution in [0, 0.1) is 29.1 Å². The third-order valence-corrected chi connectivity index (χ3v) is 5.75. The Labute approximate surface area is 129 Å². The molecule has 21 heavy (non-hydrogen) atoms. The van der Waals surface area contributed by atoms with Crippen LogP contribution < -0.4 is 0 Å². The van der Waals surface area contributed by atoms with Crippen LogP contribution in [0.25, 0.3) is 0 Å². The minimum absolute atomic E-state index is 0.00615. The van der Waals surface area contributed by atoms with Crippen molar-refractivity contribution in [2.24, 2.45) is 29.1 Å². The molecule has 0 aromatic heterocycles. The number of allylic oxidation sites excluding steroid dienone is 1. The molecule has 4 rings (SSSR count). The molecule has 4 fully saturated rings. The predicted molar refractivity (Wildman–Crippen MR) is 84.8 cm³/mol. The summed E-state index contributed by atoms with van der Waals surface area (Å²) in [6, 6.07) is 0. The van der Waals surface area contributed by atoms with Gasteiger partial charge in [-0.1, -0.05) is 32.9 Å². The summed E-state index contributed by atoms with van der Waals surface area (Å²) in [5.41, 5.74) is 0.207. The Morgan fingerprint density at radius 2 is 1.86 bits per heavy atom. The van der Waals surface area contributed by atoms with Gasteiger partial charge in [0.15, 0.2) is 0 Å². The Hall–Kier alpha value is -0.790. The number of carbonyl (C=O) groups is 1. The van der Waals surface area contributed by atoms with Crippen molar-refractivity contribution in [1.29, 1.82) is 0 Å². The summed E-state index contributed by atoms with van der Waals surface area (Å²) in [5, 5.41) is 0. The number of ether oxygens (including phenoxy) is 1. The van der Waals surface area contributed by atoms with E-state index in [9.17, 15) is 4.79 Å². The largest absolute Gasteiger partial charge is 0.458 e. The van der Waals surface area contributed by atoms with E-state index in [0.717, 1.165) is 31.1 Å². The van der Waals surface area contributed by atoms with Crippen molar-refractivity contribution >= 4 is 5.97 Å². The van der Waals surface area contributed by atoms with E-state index in [-0.39, 0.29) is 22.9 Å². The molecule has 0 radical (unpaired) electrons. The SMILES string of the molecule is CC(/C=C\CC(C)(C)C)C(=O)OC12CC3CC(CC1C3)C2. The predicted octanol–water partition coefficient (Wildman–Crippen LogP) is 4.74. The number of carbonyl (C=O) groups excluding carboxylic acids is 1. The highest BCUT2D eigenvalue weighted by molar-refractivity contribution is 5.74. The fraction of sp³-hybridized carbons (Fsp3) is 0.842. The second-order valence-corrected chi connectivity index (χ2v) is 9.01. The molecule has 2 nitrogen and oxygen atoms in total. The minimum Gasteiger partial charge on any atom is -0.458 e. The fourth-order valence-electron chi connectivity index (χ4n) is 4.89. The second-order valence-electron chi connectivity index (χ2n) is 9.01. The maximum atomic E-state index is 12.4. The second kappa shape index (κ2) is 5.14. The van der Waals surface area contributed by atoms with Gasteiger partial charge >= 0.3 is 5.97 Å². The fourth-order valence-corrected chi connectivity index (χ4v) is 4.89. The van der Waals surface area contributed by atoms with Gasteiger partial charge < -0.3 is 4.74 Å². The standard InChI is InChI=1S/C19H30O2/c1-13(6-5-7-18(2,3)4)17(20)21-19-11-14-8-15(12-19)10-16(19)9-14/h5-6,13-16H,7-12H2,1-4H3/b6-5-. The first-order valence-electron chi connectivity index (χ1n) is 8.67. The molecule has 0 aliphatic heterocycles. The molecule has 4 saturated carbocycles. The first kappa shape index (κ1) is 15.1. The van der Waals surface area contributed by atoms with Crippen molar-refractivity contribution < 1.29 is 9.53 Å². The van der Waals surface area contributed by atoms with Gasteiger partial charge in [0.1, 0.15) is 5.60 Å². The first-order valence-corrected chi connectivity index (χ1v) is 8.67. The van der Waals surface area contributed by atoms with Crippen LogP contribution in [0.1, 0.15) is 66.2 Å². The van der Waals surface area contributed by atoms with Gasteiger partial charge in [-0.05, 0) is 68.6 Å². The Kier molecular flexibility index (Phi) is 3.70. The van der Waals surface area contributed by atoms with Crippen LogP contribution >= 0.6 is 0 Å². The minimum atomic E-state index is -0.111. The van der Waals surface area contributed by atoms with Gasteiger partial charge in [-0.25, -0.2) is 0 Å². The molecule has 3 atom stereocenters. The highest BCUT2D eigenvalue weighted by Crippen LogP contribution is 2.62. The average molecular weight is 290 g/mol. The van der Waals surface area contributed by atoms with Crippen molar-refractivity contribution in [3.8, 4) is 0 Å². The van der Waals surface area contributed by atoms with E-state index < -0.39 is 0 Å². The average Bonchev–Trinajstić information content (AvgIpc) is 2.71. The van der Waals surface area contributed by atoms with E-state index in [0.29, 0.717) is 5.92 Å². The van der Waals surface area contributed by atoms with Crippen LogP contribution in [0.5, 0.6) is 0 Å². The molecule has 2 heteroatoms. The van der Waals surface area contributed by atoms with Crippen molar-refractivity contribution in [3.63, 3.8) is 0 Å². The molecule has 0 N–H and O–H groups in total. The van der Waals surface area contributed by atoms with E-state index in [2.05, 4.69) is 26.8 Å². The van der Waals surface area contributed by atoms with Gasteiger partial charge in [0.05, 0.1) is 5.92 Å². The molecule has 0 aromatic carbocycles. The summed E-state index contributed by atoms with van der Waals surface area (Å²) >= 11 is 0. The third-order valence-electron chi connectivity index (χ3n) is 5.75. The quantitative estimate of drug-likeness (QED) is 0.552. The van der Waals surface area contributed by atoms with Gasteiger partial charge in [-0.15, -0.1) is 0 Å². The Morgan fingerprint density at radius 1 is 1.24 bits per heavy atom. The van der Waals surface area contributed by atoms with Crippen LogP contribution in [0.15, 0.2) is 12.2 Å². The smallest absolute Gasteiger partial charge is 0.313 e. The summed E-state index contributed by atoms with van der Waals surface area (Å²) in [7, 11) is 0. The summed E-state index contributed by atoms with van der Waals surface area (Å²) in [5.74, 6) is 2.22. The van der Waals surface area contributed by atoms with Crippen LogP contribution in [-0.2, 0) is 9.53 Å². The van der Waals surface area contributed by atoms with Crippen LogP contribution in [0.3, 0.4) is 0 Å². The van der Waals surface area contributed by atoms with Crippen LogP contribution in [0.2, 0.25) is 0 Å². The number of hydrogen-bond donors (Lipinski definition) is 0. The van der Waals surface area contributed by atoms with Crippen molar-refractivity contribution in [2.45, 2.75) is 71.8 Å². The van der Waals surface area contributed by atoms with Gasteiger partial charge in [0.2, 0.25) is 0 Å². The topological polar surface area (TPSA) is 26.3 Å². The monoisotopic (exact) mass is 290 g/mol. The van der Waals surface area contributed by atoms with Crippen molar-refractivity contribution in [1.82, 2.24) is 0 Å². The van der Waals surface area contributed by atoms with E-state index in [4.69, 9.17) is 4.74 Å². The number of esters is 1. The molecule has 118 valence electrons. The maximum Gasteiger partial charge on any atom is 0.313 e. The van der Waals surface area contributed by atoms with Gasteiger partial charge in [0.25, 0.3) is 0 Å². The summed E-state index contributed by atoms with van der Waals surface area (Å²) < 4.78 is 6.08. The lowest BCUT2D eigenvalue weighted by molar-refractivity contribution is -0.166.